The van der Waals surface area contributed by atoms with E-state index in [0.29, 0.717) is 19.5 Å². The van der Waals surface area contributed by atoms with Crippen molar-refractivity contribution in [2.75, 3.05) is 13.2 Å². The minimum Gasteiger partial charge on any atom is -0.395 e. The average molecular weight is 480 g/mol. The number of thioether (sulfide) groups is 1. The highest BCUT2D eigenvalue weighted by Crippen LogP contribution is 2.66. The van der Waals surface area contributed by atoms with E-state index in [4.69, 9.17) is 0 Å². The van der Waals surface area contributed by atoms with Crippen molar-refractivity contribution >= 4 is 29.5 Å². The van der Waals surface area contributed by atoms with Gasteiger partial charge in [0.1, 0.15) is 6.04 Å². The lowest BCUT2D eigenvalue weighted by atomic mass is 9.70. The lowest BCUT2D eigenvalue weighted by Gasteiger charge is -2.34. The maximum atomic E-state index is 13.6. The first kappa shape index (κ1) is 22.9. The van der Waals surface area contributed by atoms with Crippen LogP contribution < -0.4 is 10.6 Å². The summed E-state index contributed by atoms with van der Waals surface area (Å²) in [6.45, 7) is 0.635. The number of carbonyl (C=O) groups is 3. The van der Waals surface area contributed by atoms with Gasteiger partial charge in [-0.1, -0.05) is 60.7 Å². The van der Waals surface area contributed by atoms with Crippen LogP contribution in [0, 0.1) is 11.8 Å². The van der Waals surface area contributed by atoms with Crippen LogP contribution in [0.25, 0.3) is 0 Å². The summed E-state index contributed by atoms with van der Waals surface area (Å²) >= 11 is 1.63. The number of likely N-dealkylation sites (tertiary alicyclic amines) is 1. The molecule has 3 aliphatic rings. The fraction of sp³-hybridized carbons (Fsp3) is 0.423. The molecule has 5 atom stereocenters. The lowest BCUT2D eigenvalue weighted by molar-refractivity contribution is -0.140. The highest BCUT2D eigenvalue weighted by Gasteiger charge is 2.73. The van der Waals surface area contributed by atoms with Gasteiger partial charge < -0.3 is 20.6 Å². The molecule has 0 saturated carbocycles. The third-order valence-electron chi connectivity index (χ3n) is 7.31. The van der Waals surface area contributed by atoms with Crippen LogP contribution in [0.3, 0.4) is 0 Å². The Bertz CT molecular complexity index is 1070. The third kappa shape index (κ3) is 3.88. The predicted molar refractivity (Wildman–Crippen MR) is 129 cm³/mol. The smallest absolute Gasteiger partial charge is 0.244 e. The molecule has 5 rings (SSSR count). The molecule has 7 nitrogen and oxygen atoms in total. The predicted octanol–water partition coefficient (Wildman–Crippen LogP) is 1.70. The number of benzene rings is 2. The number of carbonyl (C=O) groups excluding carboxylic acids is 3. The van der Waals surface area contributed by atoms with Crippen LogP contribution in [0.15, 0.2) is 60.7 Å². The summed E-state index contributed by atoms with van der Waals surface area (Å²) in [7, 11) is 0. The van der Waals surface area contributed by atoms with E-state index in [-0.39, 0.29) is 36.1 Å². The van der Waals surface area contributed by atoms with E-state index in [2.05, 4.69) is 10.6 Å². The van der Waals surface area contributed by atoms with Gasteiger partial charge in [-0.25, -0.2) is 0 Å². The van der Waals surface area contributed by atoms with Gasteiger partial charge in [-0.3, -0.25) is 14.4 Å². The van der Waals surface area contributed by atoms with Crippen LogP contribution in [0.1, 0.15) is 24.0 Å². The number of nitrogens with zero attached hydrogens (tertiary/aromatic N) is 1. The second kappa shape index (κ2) is 9.43. The van der Waals surface area contributed by atoms with Crippen molar-refractivity contribution < 1.29 is 19.5 Å². The zero-order valence-electron chi connectivity index (χ0n) is 18.9. The van der Waals surface area contributed by atoms with Crippen LogP contribution >= 0.6 is 11.8 Å². The molecule has 1 spiro atoms. The molecular formula is C26H29N3O4S. The first-order valence-corrected chi connectivity index (χ1v) is 12.7. The van der Waals surface area contributed by atoms with Crippen molar-refractivity contribution in [3.8, 4) is 0 Å². The molecule has 0 aliphatic carbocycles. The molecule has 2 unspecified atom stereocenters. The molecule has 8 heteroatoms. The summed E-state index contributed by atoms with van der Waals surface area (Å²) in [5, 5.41) is 15.7. The molecule has 2 aromatic rings. The number of fused-ring (bicyclic) bond motifs is 1. The number of aliphatic hydroxyl groups is 1. The van der Waals surface area contributed by atoms with Crippen molar-refractivity contribution in [2.24, 2.45) is 11.8 Å². The van der Waals surface area contributed by atoms with Crippen LogP contribution in [0.5, 0.6) is 0 Å². The van der Waals surface area contributed by atoms with E-state index < -0.39 is 22.6 Å². The van der Waals surface area contributed by atoms with Crippen LogP contribution in [-0.4, -0.2) is 56.9 Å². The monoisotopic (exact) mass is 479 g/mol. The number of amides is 3. The summed E-state index contributed by atoms with van der Waals surface area (Å²) in [4.78, 5) is 41.9. The fourth-order valence-corrected chi connectivity index (χ4v) is 8.11. The first-order chi connectivity index (χ1) is 16.5. The van der Waals surface area contributed by atoms with Crippen molar-refractivity contribution in [1.82, 2.24) is 15.5 Å². The molecular weight excluding hydrogens is 450 g/mol. The van der Waals surface area contributed by atoms with Gasteiger partial charge in [0, 0.05) is 24.9 Å². The quantitative estimate of drug-likeness (QED) is 0.535. The normalized spacial score (nSPS) is 29.2. The van der Waals surface area contributed by atoms with E-state index in [0.717, 1.165) is 17.5 Å². The molecule has 0 aromatic heterocycles. The molecule has 3 N–H and O–H groups in total. The van der Waals surface area contributed by atoms with Gasteiger partial charge in [0.25, 0.3) is 0 Å². The molecule has 3 amide bonds. The molecule has 3 aliphatic heterocycles. The molecule has 3 fully saturated rings. The number of hydrogen-bond donors (Lipinski definition) is 3. The number of aliphatic hydroxyl groups excluding tert-OH is 1. The Morgan fingerprint density at radius 1 is 0.971 bits per heavy atom. The highest BCUT2D eigenvalue weighted by molar-refractivity contribution is 8.02. The Hall–Kier alpha value is -2.84. The van der Waals surface area contributed by atoms with Crippen molar-refractivity contribution in [3.63, 3.8) is 0 Å². The largest absolute Gasteiger partial charge is 0.395 e. The number of nitrogens with one attached hydrogen (secondary N) is 2. The second-order valence-corrected chi connectivity index (χ2v) is 10.8. The molecule has 34 heavy (non-hydrogen) atoms. The summed E-state index contributed by atoms with van der Waals surface area (Å²) in [5.41, 5.74) is 1.98. The van der Waals surface area contributed by atoms with Crippen molar-refractivity contribution in [1.29, 1.82) is 0 Å². The molecule has 3 heterocycles. The molecule has 2 bridgehead atoms. The van der Waals surface area contributed by atoms with E-state index in [1.165, 1.54) is 4.90 Å². The molecule has 2 aromatic carbocycles. The first-order valence-electron chi connectivity index (χ1n) is 11.8. The Labute approximate surface area is 203 Å². The van der Waals surface area contributed by atoms with Crippen LogP contribution in [0.4, 0.5) is 0 Å². The van der Waals surface area contributed by atoms with Gasteiger partial charge in [-0.15, -0.1) is 11.8 Å². The zero-order chi connectivity index (χ0) is 23.7. The van der Waals surface area contributed by atoms with Gasteiger partial charge in [0.15, 0.2) is 0 Å². The lowest BCUT2D eigenvalue weighted by Crippen LogP contribution is -2.54. The average Bonchev–Trinajstić information content (AvgIpc) is 3.50. The Balaban J connectivity index is 1.36. The summed E-state index contributed by atoms with van der Waals surface area (Å²) in [5.74, 6) is -1.56. The maximum absolute atomic E-state index is 13.6. The summed E-state index contributed by atoms with van der Waals surface area (Å²) < 4.78 is -0.632. The van der Waals surface area contributed by atoms with E-state index >= 15 is 0 Å². The third-order valence-corrected chi connectivity index (χ3v) is 9.26. The van der Waals surface area contributed by atoms with E-state index in [1.807, 2.05) is 60.7 Å². The Kier molecular flexibility index (Phi) is 6.36. The number of hydrogen-bond acceptors (Lipinski definition) is 5. The maximum Gasteiger partial charge on any atom is 0.244 e. The SMILES string of the molecule is O=C(NCc1ccccc1)C1N(CCO)C(=O)[C@@H]2[C@H](C(=O)NCc3ccccc3)[C@@H]3CCC12S3. The van der Waals surface area contributed by atoms with Gasteiger partial charge in [-0.05, 0) is 24.0 Å². The van der Waals surface area contributed by atoms with E-state index in [9.17, 15) is 19.5 Å². The topological polar surface area (TPSA) is 98.7 Å². The van der Waals surface area contributed by atoms with Crippen LogP contribution in [-0.2, 0) is 27.5 Å². The van der Waals surface area contributed by atoms with Crippen molar-refractivity contribution in [3.05, 3.63) is 71.8 Å². The highest BCUT2D eigenvalue weighted by atomic mass is 32.2. The Morgan fingerprint density at radius 2 is 1.56 bits per heavy atom. The van der Waals surface area contributed by atoms with Gasteiger partial charge in [0.2, 0.25) is 17.7 Å². The standard InChI is InChI=1S/C26H29N3O4S/c30-14-13-29-22(24(32)28-16-18-9-5-2-6-10-18)26-12-11-19(34-26)20(21(26)25(29)33)23(31)27-15-17-7-3-1-4-8-17/h1-10,19-22,30H,11-16H2,(H,27,31)(H,28,32)/t19-,20+,21-,22?,26?/m0/s1. The van der Waals surface area contributed by atoms with Crippen molar-refractivity contribution in [2.45, 2.75) is 42.0 Å². The fourth-order valence-electron chi connectivity index (χ4n) is 5.89. The summed E-state index contributed by atoms with van der Waals surface area (Å²) in [6, 6.07) is 18.6. The Morgan fingerprint density at radius 3 is 2.15 bits per heavy atom. The van der Waals surface area contributed by atoms with Gasteiger partial charge in [0.05, 0.1) is 23.2 Å². The molecule has 178 valence electrons. The minimum atomic E-state index is -0.692. The molecule has 3 saturated heterocycles. The number of β-amino-alcohol motifs (C(OH)–C–C–N with tert-alkyl or cyclic N) is 1. The second-order valence-electron chi connectivity index (χ2n) is 9.22. The summed E-state index contributed by atoms with van der Waals surface area (Å²) in [6.07, 6.45) is 1.51. The van der Waals surface area contributed by atoms with E-state index in [1.54, 1.807) is 11.8 Å². The zero-order valence-corrected chi connectivity index (χ0v) is 19.7. The number of rotatable bonds is 8. The van der Waals surface area contributed by atoms with Crippen LogP contribution in [0.2, 0.25) is 0 Å². The van der Waals surface area contributed by atoms with Gasteiger partial charge in [-0.2, -0.15) is 0 Å². The molecule has 0 radical (unpaired) electrons. The van der Waals surface area contributed by atoms with Gasteiger partial charge >= 0.3 is 0 Å². The minimum absolute atomic E-state index is 0.0189.